The molecule has 13 nitrogen and oxygen atoms in total. The van der Waals surface area contributed by atoms with E-state index in [4.69, 9.17) is 15.5 Å². The fourth-order valence-electron chi connectivity index (χ4n) is 4.59. The van der Waals surface area contributed by atoms with E-state index in [1.54, 1.807) is 9.80 Å². The molecule has 206 valence electrons. The number of alkyl halides is 3. The van der Waals surface area contributed by atoms with E-state index in [1.807, 2.05) is 11.8 Å². The Kier molecular flexibility index (Phi) is 7.34. The Labute approximate surface area is 218 Å². The first-order valence-corrected chi connectivity index (χ1v) is 13.1. The zero-order chi connectivity index (χ0) is 27.0. The summed E-state index contributed by atoms with van der Waals surface area (Å²) in [6.45, 7) is 3.26. The SMILES string of the molecule is C[C@H]1COCCN1c1nc(-c2cnc(N)nc2)nc2c1nc(N1CCN(CS(=O)[O-])CC1)n2CC(F)(F)F. The molecule has 5 rings (SSSR count). The fraction of sp³-hybridized carbons (Fsp3) is 0.571. The van der Waals surface area contributed by atoms with Crippen LogP contribution < -0.4 is 15.5 Å². The number of hydrogen-bond acceptors (Lipinski definition) is 12. The van der Waals surface area contributed by atoms with E-state index in [9.17, 15) is 21.9 Å². The van der Waals surface area contributed by atoms with E-state index in [1.165, 1.54) is 12.4 Å². The van der Waals surface area contributed by atoms with Crippen molar-refractivity contribution in [2.75, 3.05) is 67.3 Å². The van der Waals surface area contributed by atoms with Gasteiger partial charge in [0.05, 0.1) is 30.7 Å². The molecule has 1 unspecified atom stereocenters. The lowest BCUT2D eigenvalue weighted by Crippen LogP contribution is -2.48. The summed E-state index contributed by atoms with van der Waals surface area (Å²) in [5, 5.41) is 0. The largest absolute Gasteiger partial charge is 0.771 e. The van der Waals surface area contributed by atoms with Crippen LogP contribution >= 0.6 is 0 Å². The molecule has 2 aliphatic heterocycles. The number of morpholine rings is 1. The Morgan fingerprint density at radius 2 is 1.84 bits per heavy atom. The third-order valence-corrected chi connectivity index (χ3v) is 6.98. The topological polar surface area (TPSA) is 154 Å². The number of ether oxygens (including phenoxy) is 1. The molecule has 2 N–H and O–H groups in total. The summed E-state index contributed by atoms with van der Waals surface area (Å²) in [5.74, 6) is 0.539. The van der Waals surface area contributed by atoms with Crippen molar-refractivity contribution in [1.29, 1.82) is 0 Å². The van der Waals surface area contributed by atoms with E-state index in [0.29, 0.717) is 57.3 Å². The molecule has 17 heteroatoms. The second-order valence-corrected chi connectivity index (χ2v) is 10.0. The number of imidazole rings is 1. The van der Waals surface area contributed by atoms with Crippen molar-refractivity contribution in [2.45, 2.75) is 25.7 Å². The lowest BCUT2D eigenvalue weighted by atomic mass is 10.2. The number of nitrogens with two attached hydrogens (primary N) is 1. The number of nitrogen functional groups attached to an aromatic ring is 1. The normalized spacial score (nSPS) is 20.3. The molecule has 2 saturated heterocycles. The molecule has 0 saturated carbocycles. The Morgan fingerprint density at radius 3 is 2.47 bits per heavy atom. The van der Waals surface area contributed by atoms with E-state index < -0.39 is 23.8 Å². The van der Waals surface area contributed by atoms with Gasteiger partial charge in [0.25, 0.3) is 0 Å². The van der Waals surface area contributed by atoms with E-state index >= 15 is 0 Å². The second-order valence-electron chi connectivity index (χ2n) is 9.14. The number of halogens is 3. The number of aromatic nitrogens is 6. The lowest BCUT2D eigenvalue weighted by Gasteiger charge is -2.35. The molecule has 2 fully saturated rings. The number of rotatable bonds is 6. The van der Waals surface area contributed by atoms with Gasteiger partial charge in [-0.15, -0.1) is 0 Å². The van der Waals surface area contributed by atoms with Crippen LogP contribution in [-0.4, -0.2) is 107 Å². The second kappa shape index (κ2) is 10.5. The minimum atomic E-state index is -4.55. The standard InChI is InChI=1S/C21H27F3N10O3S/c1-13-10-37-7-6-33(13)17-15-18(30-16(29-17)14-8-26-19(25)27-9-14)34(11-21(22,23)24)20(28-15)32-4-2-31(3-5-32)12-38(35)36/h8-9,13H,2-7,10-12H2,1H3,(H,35,36)(H2,25,26,27)/p-1/t13-/m0/s1. The van der Waals surface area contributed by atoms with Crippen LogP contribution in [-0.2, 0) is 22.4 Å². The highest BCUT2D eigenvalue weighted by molar-refractivity contribution is 7.79. The van der Waals surface area contributed by atoms with Crippen molar-refractivity contribution in [3.8, 4) is 11.4 Å². The van der Waals surface area contributed by atoms with Crippen LogP contribution in [0.25, 0.3) is 22.6 Å². The Bertz CT molecular complexity index is 1310. The zero-order valence-corrected chi connectivity index (χ0v) is 21.3. The third kappa shape index (κ3) is 5.64. The predicted molar refractivity (Wildman–Crippen MR) is 132 cm³/mol. The molecule has 38 heavy (non-hydrogen) atoms. The quantitative estimate of drug-likeness (QED) is 0.424. The molecule has 0 radical (unpaired) electrons. The van der Waals surface area contributed by atoms with Gasteiger partial charge in [0.15, 0.2) is 22.8 Å². The zero-order valence-electron chi connectivity index (χ0n) is 20.5. The first kappa shape index (κ1) is 26.5. The summed E-state index contributed by atoms with van der Waals surface area (Å²) in [7, 11) is 0. The molecule has 2 aliphatic rings. The summed E-state index contributed by atoms with van der Waals surface area (Å²) in [4.78, 5) is 27.2. The van der Waals surface area contributed by atoms with Gasteiger partial charge >= 0.3 is 6.18 Å². The molecule has 0 aliphatic carbocycles. The van der Waals surface area contributed by atoms with Gasteiger partial charge in [0, 0.05) is 45.1 Å². The van der Waals surface area contributed by atoms with Gasteiger partial charge in [-0.25, -0.2) is 24.9 Å². The van der Waals surface area contributed by atoms with Crippen molar-refractivity contribution in [3.63, 3.8) is 0 Å². The monoisotopic (exact) mass is 555 g/mol. The predicted octanol–water partition coefficient (Wildman–Crippen LogP) is 0.611. The summed E-state index contributed by atoms with van der Waals surface area (Å²) < 4.78 is 70.3. The first-order valence-electron chi connectivity index (χ1n) is 11.9. The van der Waals surface area contributed by atoms with Crippen LogP contribution in [0, 0.1) is 0 Å². The highest BCUT2D eigenvalue weighted by atomic mass is 32.2. The third-order valence-electron chi connectivity index (χ3n) is 6.41. The smallest absolute Gasteiger partial charge is 0.406 e. The maximum absolute atomic E-state index is 13.8. The summed E-state index contributed by atoms with van der Waals surface area (Å²) in [6.07, 6.45) is -1.72. The van der Waals surface area contributed by atoms with Crippen LogP contribution in [0.3, 0.4) is 0 Å². The molecule has 0 amide bonds. The van der Waals surface area contributed by atoms with Gasteiger partial charge in [-0.2, -0.15) is 13.2 Å². The number of anilines is 3. The number of nitrogens with zero attached hydrogens (tertiary/aromatic N) is 9. The number of piperazine rings is 1. The van der Waals surface area contributed by atoms with Crippen molar-refractivity contribution in [1.82, 2.24) is 34.4 Å². The molecule has 0 bridgehead atoms. The molecule has 3 aromatic rings. The van der Waals surface area contributed by atoms with Gasteiger partial charge in [-0.3, -0.25) is 13.7 Å². The van der Waals surface area contributed by atoms with E-state index in [-0.39, 0.29) is 40.8 Å². The maximum atomic E-state index is 13.8. The molecule has 3 aromatic heterocycles. The van der Waals surface area contributed by atoms with Crippen molar-refractivity contribution in [3.05, 3.63) is 12.4 Å². The first-order chi connectivity index (χ1) is 18.1. The Hall–Kier alpha value is -3.15. The highest BCUT2D eigenvalue weighted by Crippen LogP contribution is 2.34. The average Bonchev–Trinajstić information content (AvgIpc) is 3.21. The molecule has 2 atom stereocenters. The minimum Gasteiger partial charge on any atom is -0.771 e. The minimum absolute atomic E-state index is 0.0240. The van der Waals surface area contributed by atoms with Gasteiger partial charge in [-0.05, 0) is 18.0 Å². The number of fused-ring (bicyclic) bond motifs is 1. The average molecular weight is 556 g/mol. The fourth-order valence-corrected chi connectivity index (χ4v) is 5.15. The van der Waals surface area contributed by atoms with Crippen molar-refractivity contribution >= 4 is 40.0 Å². The maximum Gasteiger partial charge on any atom is 0.406 e. The summed E-state index contributed by atoms with van der Waals surface area (Å²) in [5.41, 5.74) is 6.26. The summed E-state index contributed by atoms with van der Waals surface area (Å²) >= 11 is -2.25. The molecule has 0 aromatic carbocycles. The van der Waals surface area contributed by atoms with Crippen LogP contribution in [0.4, 0.5) is 30.9 Å². The molecular formula is C21H26F3N10O3S-. The summed E-state index contributed by atoms with van der Waals surface area (Å²) in [6, 6.07) is -0.106. The van der Waals surface area contributed by atoms with Gasteiger partial charge in [0.1, 0.15) is 6.54 Å². The van der Waals surface area contributed by atoms with Crippen LogP contribution in [0.5, 0.6) is 0 Å². The van der Waals surface area contributed by atoms with Crippen molar-refractivity contribution in [2.24, 2.45) is 0 Å². The lowest BCUT2D eigenvalue weighted by molar-refractivity contribution is -0.139. The van der Waals surface area contributed by atoms with Crippen LogP contribution in [0.1, 0.15) is 6.92 Å². The Balaban J connectivity index is 1.65. The van der Waals surface area contributed by atoms with E-state index in [2.05, 4.69) is 19.9 Å². The van der Waals surface area contributed by atoms with Gasteiger partial charge in [0.2, 0.25) is 11.9 Å². The van der Waals surface area contributed by atoms with Crippen LogP contribution in [0.2, 0.25) is 0 Å². The van der Waals surface area contributed by atoms with Crippen LogP contribution in [0.15, 0.2) is 12.4 Å². The highest BCUT2D eigenvalue weighted by Gasteiger charge is 2.35. The molecule has 0 spiro atoms. The number of hydrogen-bond donors (Lipinski definition) is 1. The molecule has 5 heterocycles. The Morgan fingerprint density at radius 1 is 1.13 bits per heavy atom. The van der Waals surface area contributed by atoms with Gasteiger partial charge < -0.3 is 24.8 Å². The van der Waals surface area contributed by atoms with Crippen molar-refractivity contribution < 1.29 is 26.7 Å². The van der Waals surface area contributed by atoms with E-state index in [0.717, 1.165) is 4.57 Å². The molecular weight excluding hydrogens is 529 g/mol. The van der Waals surface area contributed by atoms with Gasteiger partial charge in [-0.1, -0.05) is 0 Å².